The Bertz CT molecular complexity index is 615. The van der Waals surface area contributed by atoms with Crippen LogP contribution >= 0.6 is 0 Å². The second kappa shape index (κ2) is 7.59. The number of urea groups is 1. The van der Waals surface area contributed by atoms with E-state index in [0.29, 0.717) is 12.4 Å². The number of unbranched alkanes of at least 4 members (excludes halogenated alkanes) is 1. The molecule has 0 aliphatic rings. The van der Waals surface area contributed by atoms with Gasteiger partial charge in [-0.05, 0) is 51.3 Å². The highest BCUT2D eigenvalue weighted by molar-refractivity contribution is 5.88. The van der Waals surface area contributed by atoms with Crippen LogP contribution in [0.2, 0.25) is 0 Å². The molecule has 2 amide bonds. The number of carbonyl (C=O) groups is 1. The molecule has 0 saturated carbocycles. The van der Waals surface area contributed by atoms with Gasteiger partial charge in [0.25, 0.3) is 0 Å². The average molecular weight is 301 g/mol. The molecular formula is C16H23N5O. The summed E-state index contributed by atoms with van der Waals surface area (Å²) >= 11 is 0. The molecule has 118 valence electrons. The highest BCUT2D eigenvalue weighted by Gasteiger charge is 2.03. The summed E-state index contributed by atoms with van der Waals surface area (Å²) in [6.45, 7) is 7.45. The lowest BCUT2D eigenvalue weighted by molar-refractivity contribution is 0.251. The number of hydrogen-bond donors (Lipinski definition) is 2. The predicted molar refractivity (Wildman–Crippen MR) is 86.9 cm³/mol. The van der Waals surface area contributed by atoms with Crippen LogP contribution in [-0.4, -0.2) is 27.1 Å². The van der Waals surface area contributed by atoms with Gasteiger partial charge in [-0.3, -0.25) is 5.32 Å². The number of imidazole rings is 1. The maximum absolute atomic E-state index is 11.8. The zero-order valence-corrected chi connectivity index (χ0v) is 13.4. The van der Waals surface area contributed by atoms with Crippen LogP contribution in [0.15, 0.2) is 24.5 Å². The van der Waals surface area contributed by atoms with Crippen LogP contribution in [0.4, 0.5) is 10.6 Å². The molecule has 0 saturated heterocycles. The fraction of sp³-hybridized carbons (Fsp3) is 0.438. The lowest BCUT2D eigenvalue weighted by Crippen LogP contribution is -2.30. The molecule has 0 radical (unpaired) electrons. The van der Waals surface area contributed by atoms with Crippen molar-refractivity contribution in [1.82, 2.24) is 19.9 Å². The van der Waals surface area contributed by atoms with E-state index in [9.17, 15) is 4.79 Å². The Balaban J connectivity index is 1.66. The Labute approximate surface area is 131 Å². The van der Waals surface area contributed by atoms with Gasteiger partial charge in [0.15, 0.2) is 0 Å². The van der Waals surface area contributed by atoms with Gasteiger partial charge in [-0.15, -0.1) is 0 Å². The third-order valence-corrected chi connectivity index (χ3v) is 3.37. The predicted octanol–water partition coefficient (Wildman–Crippen LogP) is 2.81. The molecule has 0 aliphatic carbocycles. The van der Waals surface area contributed by atoms with E-state index in [4.69, 9.17) is 0 Å². The lowest BCUT2D eigenvalue weighted by atomic mass is 10.2. The molecule has 0 bridgehead atoms. The van der Waals surface area contributed by atoms with Crippen LogP contribution in [0.25, 0.3) is 0 Å². The van der Waals surface area contributed by atoms with Crippen LogP contribution in [0.1, 0.15) is 29.9 Å². The molecule has 0 fully saturated rings. The van der Waals surface area contributed by atoms with E-state index in [1.807, 2.05) is 39.1 Å². The molecule has 22 heavy (non-hydrogen) atoms. The Hall–Kier alpha value is -2.37. The van der Waals surface area contributed by atoms with Crippen LogP contribution in [-0.2, 0) is 6.54 Å². The number of nitrogens with zero attached hydrogens (tertiary/aromatic N) is 3. The number of amides is 2. The summed E-state index contributed by atoms with van der Waals surface area (Å²) in [5.41, 5.74) is 1.98. The standard InChI is InChI=1S/C16H23N5O/c1-12-10-13(2)19-15(11-12)20-16(22)18-6-4-5-8-21-9-7-17-14(21)3/h7,9-11H,4-6,8H2,1-3H3,(H2,18,19,20,22). The summed E-state index contributed by atoms with van der Waals surface area (Å²) in [5, 5.41) is 5.61. The van der Waals surface area contributed by atoms with E-state index in [0.717, 1.165) is 36.5 Å². The molecule has 2 aromatic heterocycles. The van der Waals surface area contributed by atoms with E-state index in [2.05, 4.69) is 25.2 Å². The summed E-state index contributed by atoms with van der Waals surface area (Å²) in [7, 11) is 0. The van der Waals surface area contributed by atoms with Gasteiger partial charge < -0.3 is 9.88 Å². The van der Waals surface area contributed by atoms with Crippen molar-refractivity contribution in [1.29, 1.82) is 0 Å². The normalized spacial score (nSPS) is 10.5. The molecule has 0 spiro atoms. The molecule has 2 N–H and O–H groups in total. The van der Waals surface area contributed by atoms with Gasteiger partial charge in [-0.25, -0.2) is 14.8 Å². The first-order valence-corrected chi connectivity index (χ1v) is 7.52. The molecule has 2 aromatic rings. The van der Waals surface area contributed by atoms with Gasteiger partial charge >= 0.3 is 6.03 Å². The Morgan fingerprint density at radius 1 is 1.23 bits per heavy atom. The van der Waals surface area contributed by atoms with Crippen molar-refractivity contribution in [3.63, 3.8) is 0 Å². The summed E-state index contributed by atoms with van der Waals surface area (Å²) in [6.07, 6.45) is 5.70. The highest BCUT2D eigenvalue weighted by Crippen LogP contribution is 2.08. The first kappa shape index (κ1) is 16.0. The van der Waals surface area contributed by atoms with E-state index < -0.39 is 0 Å². The number of hydrogen-bond acceptors (Lipinski definition) is 3. The second-order valence-electron chi connectivity index (χ2n) is 5.43. The fourth-order valence-electron chi connectivity index (χ4n) is 2.32. The number of aromatic nitrogens is 3. The van der Waals surface area contributed by atoms with E-state index in [1.165, 1.54) is 0 Å². The molecule has 0 atom stereocenters. The smallest absolute Gasteiger partial charge is 0.320 e. The fourth-order valence-corrected chi connectivity index (χ4v) is 2.32. The number of anilines is 1. The number of carbonyl (C=O) groups excluding carboxylic acids is 1. The Morgan fingerprint density at radius 3 is 2.73 bits per heavy atom. The third kappa shape index (κ3) is 4.87. The molecule has 2 heterocycles. The molecular weight excluding hydrogens is 278 g/mol. The Morgan fingerprint density at radius 2 is 2.05 bits per heavy atom. The largest absolute Gasteiger partial charge is 0.338 e. The first-order chi connectivity index (χ1) is 10.5. The lowest BCUT2D eigenvalue weighted by Gasteiger charge is -2.09. The number of aryl methyl sites for hydroxylation is 4. The minimum atomic E-state index is -0.212. The SMILES string of the molecule is Cc1cc(C)nc(NC(=O)NCCCCn2ccnc2C)c1. The van der Waals surface area contributed by atoms with Crippen LogP contribution in [0.3, 0.4) is 0 Å². The van der Waals surface area contributed by atoms with Crippen molar-refractivity contribution in [2.24, 2.45) is 0 Å². The quantitative estimate of drug-likeness (QED) is 0.806. The topological polar surface area (TPSA) is 71.8 Å². The van der Waals surface area contributed by atoms with Crippen LogP contribution < -0.4 is 10.6 Å². The molecule has 6 heteroatoms. The van der Waals surface area contributed by atoms with Gasteiger partial charge in [0.1, 0.15) is 11.6 Å². The maximum atomic E-state index is 11.8. The zero-order valence-electron chi connectivity index (χ0n) is 13.4. The zero-order chi connectivity index (χ0) is 15.9. The van der Waals surface area contributed by atoms with Crippen molar-refractivity contribution < 1.29 is 4.79 Å². The second-order valence-corrected chi connectivity index (χ2v) is 5.43. The third-order valence-electron chi connectivity index (χ3n) is 3.37. The summed E-state index contributed by atoms with van der Waals surface area (Å²) in [6, 6.07) is 3.62. The van der Waals surface area contributed by atoms with Gasteiger partial charge in [-0.2, -0.15) is 0 Å². The van der Waals surface area contributed by atoms with Crippen molar-refractivity contribution in [2.75, 3.05) is 11.9 Å². The molecule has 0 aliphatic heterocycles. The van der Waals surface area contributed by atoms with E-state index in [-0.39, 0.29) is 6.03 Å². The van der Waals surface area contributed by atoms with E-state index in [1.54, 1.807) is 6.20 Å². The number of pyridine rings is 1. The van der Waals surface area contributed by atoms with Crippen molar-refractivity contribution >= 4 is 11.8 Å². The van der Waals surface area contributed by atoms with Crippen molar-refractivity contribution in [3.05, 3.63) is 41.6 Å². The summed E-state index contributed by atoms with van der Waals surface area (Å²) in [4.78, 5) is 20.3. The van der Waals surface area contributed by atoms with Gasteiger partial charge in [0, 0.05) is 31.2 Å². The highest BCUT2D eigenvalue weighted by atomic mass is 16.2. The van der Waals surface area contributed by atoms with E-state index >= 15 is 0 Å². The first-order valence-electron chi connectivity index (χ1n) is 7.52. The minimum absolute atomic E-state index is 0.212. The van der Waals surface area contributed by atoms with Crippen molar-refractivity contribution in [3.8, 4) is 0 Å². The van der Waals surface area contributed by atoms with Gasteiger partial charge in [0.05, 0.1) is 0 Å². The number of rotatable bonds is 6. The molecule has 0 aromatic carbocycles. The molecule has 0 unspecified atom stereocenters. The monoisotopic (exact) mass is 301 g/mol. The summed E-state index contributed by atoms with van der Waals surface area (Å²) < 4.78 is 2.11. The van der Waals surface area contributed by atoms with Gasteiger partial charge in [0.2, 0.25) is 0 Å². The maximum Gasteiger partial charge on any atom is 0.320 e. The molecule has 6 nitrogen and oxygen atoms in total. The van der Waals surface area contributed by atoms with Gasteiger partial charge in [-0.1, -0.05) is 0 Å². The van der Waals surface area contributed by atoms with Crippen LogP contribution in [0, 0.1) is 20.8 Å². The number of nitrogens with one attached hydrogen (secondary N) is 2. The average Bonchev–Trinajstić information content (AvgIpc) is 2.82. The molecule has 2 rings (SSSR count). The Kier molecular flexibility index (Phi) is 5.52. The summed E-state index contributed by atoms with van der Waals surface area (Å²) in [5.74, 6) is 1.61. The van der Waals surface area contributed by atoms with Crippen LogP contribution in [0.5, 0.6) is 0 Å². The minimum Gasteiger partial charge on any atom is -0.338 e. The van der Waals surface area contributed by atoms with Crippen molar-refractivity contribution in [2.45, 2.75) is 40.2 Å².